The first-order valence-corrected chi connectivity index (χ1v) is 10.3. The van der Waals surface area contributed by atoms with Crippen LogP contribution in [-0.2, 0) is 15.6 Å². The number of aromatic nitrogens is 3. The third-order valence-electron chi connectivity index (χ3n) is 7.34. The van der Waals surface area contributed by atoms with Crippen molar-refractivity contribution in [1.82, 2.24) is 15.1 Å². The van der Waals surface area contributed by atoms with Crippen LogP contribution in [0.25, 0.3) is 11.0 Å². The molecule has 0 radical (unpaired) electrons. The highest BCUT2D eigenvalue weighted by molar-refractivity contribution is 6.42. The lowest BCUT2D eigenvalue weighted by atomic mass is 9.63. The van der Waals surface area contributed by atoms with E-state index in [0.29, 0.717) is 39.1 Å². The van der Waals surface area contributed by atoms with Gasteiger partial charge < -0.3 is 9.84 Å². The molecule has 3 aromatic rings. The number of carbonyl (C=O) groups excluding carboxylic acids is 1. The van der Waals surface area contributed by atoms with E-state index in [4.69, 9.17) is 37.7 Å². The van der Waals surface area contributed by atoms with Crippen molar-refractivity contribution < 1.29 is 9.32 Å². The first-order chi connectivity index (χ1) is 13.6. The first-order valence-electron chi connectivity index (χ1n) is 9.53. The number of hydrogen-bond acceptors (Lipinski definition) is 5. The van der Waals surface area contributed by atoms with Crippen molar-refractivity contribution >= 4 is 46.0 Å². The molecule has 2 aliphatic carbocycles. The molecule has 2 aromatic heterocycles. The summed E-state index contributed by atoms with van der Waals surface area (Å²) in [6.45, 7) is 8.21. The fraction of sp³-hybridized carbons (Fsp3) is 0.429. The van der Waals surface area contributed by atoms with Gasteiger partial charge in [-0.15, -0.1) is 0 Å². The molecule has 0 aliphatic heterocycles. The molecule has 1 fully saturated rings. The monoisotopic (exact) mass is 430 g/mol. The summed E-state index contributed by atoms with van der Waals surface area (Å²) in [6, 6.07) is 5.15. The first kappa shape index (κ1) is 18.8. The predicted molar refractivity (Wildman–Crippen MR) is 111 cm³/mol. The molecule has 2 heterocycles. The number of fused-ring (bicyclic) bond motifs is 6. The van der Waals surface area contributed by atoms with Gasteiger partial charge in [0, 0.05) is 11.5 Å². The molecule has 2 unspecified atom stereocenters. The van der Waals surface area contributed by atoms with Crippen LogP contribution in [0.1, 0.15) is 50.8 Å². The summed E-state index contributed by atoms with van der Waals surface area (Å²) in [5, 5.41) is 7.73. The van der Waals surface area contributed by atoms with E-state index in [-0.39, 0.29) is 11.3 Å². The molecule has 8 heteroatoms. The minimum absolute atomic E-state index is 0.132. The van der Waals surface area contributed by atoms with Gasteiger partial charge in [0.15, 0.2) is 5.82 Å². The van der Waals surface area contributed by atoms with E-state index in [2.05, 4.69) is 31.2 Å². The topological polar surface area (TPSA) is 80.9 Å². The summed E-state index contributed by atoms with van der Waals surface area (Å²) in [7, 11) is 0. The number of hydrogen-bond donors (Lipinski definition) is 1. The van der Waals surface area contributed by atoms with Crippen LogP contribution in [0.3, 0.4) is 0 Å². The molecular formula is C21H20Cl2N4O2. The Balaban J connectivity index is 1.73. The third-order valence-corrected chi connectivity index (χ3v) is 8.06. The van der Waals surface area contributed by atoms with Crippen molar-refractivity contribution in [3.8, 4) is 0 Å². The van der Waals surface area contributed by atoms with Crippen molar-refractivity contribution in [2.24, 2.45) is 5.41 Å². The Morgan fingerprint density at radius 1 is 1.03 bits per heavy atom. The number of anilines is 1. The molecule has 2 atom stereocenters. The van der Waals surface area contributed by atoms with Crippen molar-refractivity contribution in [1.29, 1.82) is 0 Å². The largest absolute Gasteiger partial charge is 0.360 e. The Bertz CT molecular complexity index is 1200. The van der Waals surface area contributed by atoms with Crippen LogP contribution in [-0.4, -0.2) is 21.0 Å². The second kappa shape index (κ2) is 5.70. The maximum absolute atomic E-state index is 13.7. The fourth-order valence-corrected chi connectivity index (χ4v) is 5.57. The van der Waals surface area contributed by atoms with Crippen LogP contribution >= 0.6 is 23.2 Å². The normalized spacial score (nSPS) is 26.7. The molecule has 1 saturated carbocycles. The zero-order valence-electron chi connectivity index (χ0n) is 16.6. The number of rotatable bonds is 2. The highest BCUT2D eigenvalue weighted by atomic mass is 35.5. The third kappa shape index (κ3) is 2.19. The highest BCUT2D eigenvalue weighted by Crippen LogP contribution is 2.70. The van der Waals surface area contributed by atoms with Gasteiger partial charge in [0.25, 0.3) is 0 Å². The summed E-state index contributed by atoms with van der Waals surface area (Å²) < 4.78 is 5.11. The standard InChI is InChI=1S/C21H20Cl2N4O2/c1-10-7-15(27-29-10)26-18(28)21-6-5-20(4,19(21,2)3)16-17(21)25-14-9-12(23)11(22)8-13(14)24-16/h7-9H,5-6H2,1-4H3,(H,26,27,28). The number of halogens is 2. The van der Waals surface area contributed by atoms with Gasteiger partial charge in [-0.3, -0.25) is 4.79 Å². The van der Waals surface area contributed by atoms with Crippen LogP contribution in [0.2, 0.25) is 10.0 Å². The number of nitrogens with zero attached hydrogens (tertiary/aromatic N) is 3. The molecule has 29 heavy (non-hydrogen) atoms. The van der Waals surface area contributed by atoms with Crippen LogP contribution in [0.4, 0.5) is 5.82 Å². The second-order valence-corrected chi connectivity index (χ2v) is 9.63. The van der Waals surface area contributed by atoms with Crippen molar-refractivity contribution in [3.05, 3.63) is 45.4 Å². The Kier molecular flexibility index (Phi) is 3.70. The summed E-state index contributed by atoms with van der Waals surface area (Å²) in [4.78, 5) is 23.5. The lowest BCUT2D eigenvalue weighted by Gasteiger charge is -2.39. The Morgan fingerprint density at radius 2 is 1.66 bits per heavy atom. The van der Waals surface area contributed by atoms with Crippen molar-refractivity contribution in [2.75, 3.05) is 5.32 Å². The van der Waals surface area contributed by atoms with Gasteiger partial charge in [0.1, 0.15) is 5.76 Å². The lowest BCUT2D eigenvalue weighted by Crippen LogP contribution is -2.48. The number of amides is 1. The average Bonchev–Trinajstić information content (AvgIpc) is 3.19. The fourth-order valence-electron chi connectivity index (χ4n) is 5.25. The summed E-state index contributed by atoms with van der Waals surface area (Å²) in [5.41, 5.74) is 1.41. The Hall–Kier alpha value is -2.18. The minimum atomic E-state index is -0.822. The Labute approximate surface area is 178 Å². The molecule has 2 bridgehead atoms. The second-order valence-electron chi connectivity index (χ2n) is 8.82. The molecule has 5 rings (SSSR count). The Morgan fingerprint density at radius 3 is 2.24 bits per heavy atom. The van der Waals surface area contributed by atoms with E-state index in [1.54, 1.807) is 25.1 Å². The maximum Gasteiger partial charge on any atom is 0.238 e. The number of carbonyl (C=O) groups is 1. The van der Waals surface area contributed by atoms with Gasteiger partial charge in [-0.25, -0.2) is 9.97 Å². The molecule has 0 spiro atoms. The van der Waals surface area contributed by atoms with Gasteiger partial charge in [-0.05, 0) is 37.3 Å². The number of aryl methyl sites for hydroxylation is 1. The lowest BCUT2D eigenvalue weighted by molar-refractivity contribution is -0.125. The SMILES string of the molecule is Cc1cc(NC(=O)C23CCC(C)(c4nc5cc(Cl)c(Cl)cc5nc42)C3(C)C)no1. The van der Waals surface area contributed by atoms with Gasteiger partial charge in [0.05, 0.1) is 37.9 Å². The predicted octanol–water partition coefficient (Wildman–Crippen LogP) is 5.20. The zero-order chi connectivity index (χ0) is 20.8. The summed E-state index contributed by atoms with van der Waals surface area (Å²) in [5.74, 6) is 0.910. The van der Waals surface area contributed by atoms with Gasteiger partial charge in [0.2, 0.25) is 5.91 Å². The molecule has 6 nitrogen and oxygen atoms in total. The smallest absolute Gasteiger partial charge is 0.238 e. The van der Waals surface area contributed by atoms with E-state index < -0.39 is 10.8 Å². The van der Waals surface area contributed by atoms with Crippen LogP contribution in [0.5, 0.6) is 0 Å². The van der Waals surface area contributed by atoms with E-state index in [9.17, 15) is 4.79 Å². The van der Waals surface area contributed by atoms with Crippen molar-refractivity contribution in [3.63, 3.8) is 0 Å². The van der Waals surface area contributed by atoms with Gasteiger partial charge in [-0.2, -0.15) is 0 Å². The molecule has 0 saturated heterocycles. The van der Waals surface area contributed by atoms with Gasteiger partial charge in [-0.1, -0.05) is 49.1 Å². The number of benzene rings is 1. The quantitative estimate of drug-likeness (QED) is 0.603. The minimum Gasteiger partial charge on any atom is -0.360 e. The van der Waals surface area contributed by atoms with E-state index in [1.807, 2.05) is 0 Å². The van der Waals surface area contributed by atoms with Crippen LogP contribution in [0, 0.1) is 12.3 Å². The zero-order valence-corrected chi connectivity index (χ0v) is 18.1. The van der Waals surface area contributed by atoms with Gasteiger partial charge >= 0.3 is 0 Å². The van der Waals surface area contributed by atoms with E-state index in [1.165, 1.54) is 0 Å². The van der Waals surface area contributed by atoms with E-state index in [0.717, 1.165) is 17.8 Å². The molecule has 150 valence electrons. The molecule has 1 aromatic carbocycles. The highest BCUT2D eigenvalue weighted by Gasteiger charge is 2.73. The van der Waals surface area contributed by atoms with E-state index >= 15 is 0 Å². The van der Waals surface area contributed by atoms with Crippen LogP contribution in [0.15, 0.2) is 22.7 Å². The maximum atomic E-state index is 13.7. The molecular weight excluding hydrogens is 411 g/mol. The summed E-state index contributed by atoms with van der Waals surface area (Å²) in [6.07, 6.45) is 1.54. The molecule has 1 N–H and O–H groups in total. The molecule has 1 amide bonds. The average molecular weight is 431 g/mol. The summed E-state index contributed by atoms with van der Waals surface area (Å²) >= 11 is 12.4. The molecule has 2 aliphatic rings. The number of nitrogens with one attached hydrogen (secondary N) is 1. The van der Waals surface area contributed by atoms with Crippen molar-refractivity contribution in [2.45, 2.75) is 51.4 Å². The van der Waals surface area contributed by atoms with Crippen LogP contribution < -0.4 is 5.32 Å².